The minimum atomic E-state index is -3.18. The van der Waals surface area contributed by atoms with E-state index in [-0.39, 0.29) is 52.9 Å². The van der Waals surface area contributed by atoms with Crippen LogP contribution in [0.15, 0.2) is 36.4 Å². The Morgan fingerprint density at radius 1 is 1.18 bits per heavy atom. The van der Waals surface area contributed by atoms with Crippen LogP contribution in [0.4, 0.5) is 23.4 Å². The summed E-state index contributed by atoms with van der Waals surface area (Å²) in [6, 6.07) is 6.02. The Labute approximate surface area is 216 Å². The minimum absolute atomic E-state index is 0.0496. The number of nitrogens with two attached hydrogens (primary N) is 2. The van der Waals surface area contributed by atoms with Crippen molar-refractivity contribution in [2.24, 2.45) is 5.73 Å². The third-order valence-electron chi connectivity index (χ3n) is 6.74. The maximum Gasteiger partial charge on any atom is 0.283 e. The molecule has 5 N–H and O–H groups in total. The number of halogens is 4. The first kappa shape index (κ1) is 27.1. The van der Waals surface area contributed by atoms with E-state index in [1.165, 1.54) is 24.3 Å². The Hall–Kier alpha value is -3.93. The molecule has 1 aromatic heterocycles. The summed E-state index contributed by atoms with van der Waals surface area (Å²) >= 11 is 0. The first-order chi connectivity index (χ1) is 17.8. The Bertz CT molecular complexity index is 1400. The highest BCUT2D eigenvalue weighted by Gasteiger charge is 2.51. The normalized spacial score (nSPS) is 17.2. The van der Waals surface area contributed by atoms with Gasteiger partial charge in [0.15, 0.2) is 0 Å². The number of benzene rings is 2. The van der Waals surface area contributed by atoms with Crippen LogP contribution in [0.5, 0.6) is 0 Å². The molecule has 2 amide bonds. The molecule has 1 unspecified atom stereocenters. The number of nitrogen functional groups attached to an aromatic ring is 1. The highest BCUT2D eigenvalue weighted by Crippen LogP contribution is 2.40. The number of nitrogens with zero attached hydrogens (tertiary/aromatic N) is 3. The maximum atomic E-state index is 15.0. The van der Waals surface area contributed by atoms with Crippen molar-refractivity contribution in [3.8, 4) is 11.3 Å². The molecule has 0 bridgehead atoms. The van der Waals surface area contributed by atoms with E-state index in [4.69, 9.17) is 11.5 Å². The van der Waals surface area contributed by atoms with E-state index >= 15 is 4.39 Å². The third kappa shape index (κ3) is 5.08. The molecular formula is C26H28F4N6O2. The summed E-state index contributed by atoms with van der Waals surface area (Å²) in [7, 11) is 0. The van der Waals surface area contributed by atoms with E-state index < -0.39 is 42.0 Å². The molecule has 3 aromatic rings. The summed E-state index contributed by atoms with van der Waals surface area (Å²) in [5, 5.41) is 6.73. The van der Waals surface area contributed by atoms with E-state index in [0.717, 1.165) is 16.8 Å². The summed E-state index contributed by atoms with van der Waals surface area (Å²) in [6.45, 7) is 4.46. The number of hydrogen-bond donors (Lipinski definition) is 3. The molecule has 38 heavy (non-hydrogen) atoms. The fourth-order valence-electron chi connectivity index (χ4n) is 4.52. The van der Waals surface area contributed by atoms with Crippen LogP contribution in [-0.2, 0) is 6.54 Å². The van der Waals surface area contributed by atoms with Gasteiger partial charge in [0.25, 0.3) is 17.7 Å². The van der Waals surface area contributed by atoms with Gasteiger partial charge in [0.05, 0.1) is 6.54 Å². The van der Waals surface area contributed by atoms with E-state index in [0.29, 0.717) is 5.56 Å². The van der Waals surface area contributed by atoms with Crippen molar-refractivity contribution in [2.45, 2.75) is 45.3 Å². The number of primary amides is 1. The smallest absolute Gasteiger partial charge is 0.283 e. The SMILES string of the molecule is Cc1ccc(F)cc1C(=O)NCc1ccc(-c2nn(C3CN(C(C)C)CC3(F)F)c(N)c2C(N)=O)cc1F. The second kappa shape index (κ2) is 10.1. The van der Waals surface area contributed by atoms with E-state index in [2.05, 4.69) is 10.4 Å². The van der Waals surface area contributed by atoms with Crippen LogP contribution in [0.25, 0.3) is 11.3 Å². The largest absolute Gasteiger partial charge is 0.383 e. The molecule has 1 fully saturated rings. The molecule has 1 saturated heterocycles. The van der Waals surface area contributed by atoms with Gasteiger partial charge in [0.1, 0.15) is 34.8 Å². The molecule has 4 rings (SSSR count). The number of hydrogen-bond acceptors (Lipinski definition) is 5. The average molecular weight is 533 g/mol. The first-order valence-electron chi connectivity index (χ1n) is 11.9. The van der Waals surface area contributed by atoms with Crippen molar-refractivity contribution in [3.63, 3.8) is 0 Å². The molecule has 0 radical (unpaired) electrons. The average Bonchev–Trinajstić information content (AvgIpc) is 3.35. The number of aryl methyl sites for hydroxylation is 1. The summed E-state index contributed by atoms with van der Waals surface area (Å²) in [5.74, 6) is -6.41. The van der Waals surface area contributed by atoms with Gasteiger partial charge in [-0.2, -0.15) is 5.10 Å². The number of rotatable bonds is 7. The second-order valence-electron chi connectivity index (χ2n) is 9.67. The molecule has 0 aliphatic carbocycles. The van der Waals surface area contributed by atoms with Gasteiger partial charge in [-0.1, -0.05) is 18.2 Å². The predicted molar refractivity (Wildman–Crippen MR) is 134 cm³/mol. The number of carbonyl (C=O) groups is 2. The van der Waals surface area contributed by atoms with Gasteiger partial charge in [-0.3, -0.25) is 14.5 Å². The van der Waals surface area contributed by atoms with Crippen LogP contribution in [0, 0.1) is 18.6 Å². The number of likely N-dealkylation sites (tertiary alicyclic amines) is 1. The van der Waals surface area contributed by atoms with Crippen LogP contribution in [0.2, 0.25) is 0 Å². The number of anilines is 1. The Morgan fingerprint density at radius 3 is 2.50 bits per heavy atom. The van der Waals surface area contributed by atoms with Gasteiger partial charge in [0.2, 0.25) is 0 Å². The summed E-state index contributed by atoms with van der Waals surface area (Å²) < 4.78 is 59.2. The Balaban J connectivity index is 1.62. The van der Waals surface area contributed by atoms with Crippen molar-refractivity contribution in [2.75, 3.05) is 18.8 Å². The lowest BCUT2D eigenvalue weighted by molar-refractivity contribution is -0.0257. The first-order valence-corrected chi connectivity index (χ1v) is 11.9. The molecule has 0 spiro atoms. The van der Waals surface area contributed by atoms with Crippen molar-refractivity contribution in [3.05, 3.63) is 70.3 Å². The van der Waals surface area contributed by atoms with E-state index in [1.54, 1.807) is 25.7 Å². The van der Waals surface area contributed by atoms with Gasteiger partial charge in [-0.15, -0.1) is 0 Å². The highest BCUT2D eigenvalue weighted by molar-refractivity contribution is 6.03. The third-order valence-corrected chi connectivity index (χ3v) is 6.74. The standard InChI is InChI=1S/C26H28F4N6O2/c1-13(2)35-11-20(26(29,30)12-35)36-23(31)21(24(32)37)22(34-36)15-5-6-16(19(28)8-15)10-33-25(38)18-9-17(27)7-4-14(18)3/h4-9,13,20H,10-12,31H2,1-3H3,(H2,32,37)(H,33,38). The topological polar surface area (TPSA) is 119 Å². The van der Waals surface area contributed by atoms with E-state index in [1.807, 2.05) is 0 Å². The zero-order chi connectivity index (χ0) is 27.9. The van der Waals surface area contributed by atoms with Gasteiger partial charge in [-0.05, 0) is 44.5 Å². The number of aromatic nitrogens is 2. The molecule has 1 atom stereocenters. The summed E-state index contributed by atoms with van der Waals surface area (Å²) in [4.78, 5) is 26.2. The molecular weight excluding hydrogens is 504 g/mol. The molecule has 12 heteroatoms. The monoisotopic (exact) mass is 532 g/mol. The summed E-state index contributed by atoms with van der Waals surface area (Å²) in [6.07, 6.45) is 0. The fourth-order valence-corrected chi connectivity index (χ4v) is 4.52. The van der Waals surface area contributed by atoms with Crippen LogP contribution < -0.4 is 16.8 Å². The quantitative estimate of drug-likeness (QED) is 0.402. The van der Waals surface area contributed by atoms with Gasteiger partial charge < -0.3 is 16.8 Å². The highest BCUT2D eigenvalue weighted by atomic mass is 19.3. The van der Waals surface area contributed by atoms with Crippen molar-refractivity contribution in [1.82, 2.24) is 20.0 Å². The van der Waals surface area contributed by atoms with Crippen LogP contribution in [0.1, 0.15) is 51.7 Å². The maximum absolute atomic E-state index is 15.0. The molecule has 0 saturated carbocycles. The van der Waals surface area contributed by atoms with Crippen molar-refractivity contribution in [1.29, 1.82) is 0 Å². The van der Waals surface area contributed by atoms with E-state index in [9.17, 15) is 22.8 Å². The molecule has 1 aliphatic rings. The number of amides is 2. The Morgan fingerprint density at radius 2 is 1.89 bits per heavy atom. The lowest BCUT2D eigenvalue weighted by Crippen LogP contribution is -2.32. The lowest BCUT2D eigenvalue weighted by atomic mass is 10.0. The Kier molecular flexibility index (Phi) is 7.20. The lowest BCUT2D eigenvalue weighted by Gasteiger charge is -2.19. The zero-order valence-electron chi connectivity index (χ0n) is 21.1. The number of alkyl halides is 2. The van der Waals surface area contributed by atoms with Gasteiger partial charge in [-0.25, -0.2) is 22.2 Å². The molecule has 2 heterocycles. The zero-order valence-corrected chi connectivity index (χ0v) is 21.1. The minimum Gasteiger partial charge on any atom is -0.383 e. The van der Waals surface area contributed by atoms with Crippen LogP contribution in [-0.4, -0.2) is 51.5 Å². The van der Waals surface area contributed by atoms with Crippen molar-refractivity contribution >= 4 is 17.6 Å². The fraction of sp³-hybridized carbons (Fsp3) is 0.346. The number of nitrogens with one attached hydrogen (secondary N) is 1. The predicted octanol–water partition coefficient (Wildman–Crippen LogP) is 3.65. The van der Waals surface area contributed by atoms with Gasteiger partial charge >= 0.3 is 0 Å². The molecule has 1 aliphatic heterocycles. The molecule has 2 aromatic carbocycles. The second-order valence-corrected chi connectivity index (χ2v) is 9.67. The van der Waals surface area contributed by atoms with Gasteiger partial charge in [0, 0.05) is 35.8 Å². The van der Waals surface area contributed by atoms with Crippen LogP contribution >= 0.6 is 0 Å². The summed E-state index contributed by atoms with van der Waals surface area (Å²) in [5.41, 5.74) is 12.0. The molecule has 8 nitrogen and oxygen atoms in total. The molecule has 202 valence electrons. The van der Waals surface area contributed by atoms with Crippen molar-refractivity contribution < 1.29 is 27.2 Å². The van der Waals surface area contributed by atoms with Crippen LogP contribution in [0.3, 0.4) is 0 Å². The number of carbonyl (C=O) groups excluding carboxylic acids is 2.